The zero-order chi connectivity index (χ0) is 8.55. The summed E-state index contributed by atoms with van der Waals surface area (Å²) in [6.45, 7) is 3.57. The van der Waals surface area contributed by atoms with Crippen molar-refractivity contribution in [2.24, 2.45) is 23.5 Å². The Morgan fingerprint density at radius 2 is 2.00 bits per heavy atom. The van der Waals surface area contributed by atoms with E-state index in [0.29, 0.717) is 0 Å². The van der Waals surface area contributed by atoms with Gasteiger partial charge in [0.25, 0.3) is 0 Å². The van der Waals surface area contributed by atoms with Gasteiger partial charge >= 0.3 is 0 Å². The number of rotatable bonds is 1. The summed E-state index contributed by atoms with van der Waals surface area (Å²) in [5.41, 5.74) is 5.71. The number of nitrogens with two attached hydrogens (primary N) is 1. The van der Waals surface area contributed by atoms with Gasteiger partial charge < -0.3 is 10.6 Å². The predicted octanol–water partition coefficient (Wildman–Crippen LogP) is 0.923. The molecule has 0 radical (unpaired) electrons. The molecule has 70 valence electrons. The van der Waals surface area contributed by atoms with Crippen LogP contribution >= 0.6 is 0 Å². The van der Waals surface area contributed by atoms with Gasteiger partial charge in [-0.05, 0) is 50.6 Å². The van der Waals surface area contributed by atoms with Crippen LogP contribution in [0.4, 0.5) is 0 Å². The Labute approximate surface area is 75.1 Å². The Bertz CT molecular complexity index is 158. The van der Waals surface area contributed by atoms with Crippen LogP contribution in [-0.4, -0.2) is 31.6 Å². The predicted molar refractivity (Wildman–Crippen MR) is 50.9 cm³/mol. The molecular formula is C10H20N2. The van der Waals surface area contributed by atoms with E-state index < -0.39 is 0 Å². The Morgan fingerprint density at radius 1 is 1.25 bits per heavy atom. The molecule has 1 aliphatic carbocycles. The van der Waals surface area contributed by atoms with Gasteiger partial charge in [-0.25, -0.2) is 0 Å². The lowest BCUT2D eigenvalue weighted by atomic mass is 9.76. The highest BCUT2D eigenvalue weighted by molar-refractivity contribution is 4.88. The summed E-state index contributed by atoms with van der Waals surface area (Å²) < 4.78 is 0. The average Bonchev–Trinajstić information content (AvgIpc) is 2.43. The Hall–Kier alpha value is -0.0800. The van der Waals surface area contributed by atoms with Crippen molar-refractivity contribution in [1.82, 2.24) is 4.90 Å². The zero-order valence-corrected chi connectivity index (χ0v) is 8.00. The molecule has 2 aliphatic rings. The summed E-state index contributed by atoms with van der Waals surface area (Å²) in [4.78, 5) is 2.48. The van der Waals surface area contributed by atoms with Crippen LogP contribution in [0.25, 0.3) is 0 Å². The van der Waals surface area contributed by atoms with E-state index >= 15 is 0 Å². The fourth-order valence-electron chi connectivity index (χ4n) is 2.98. The van der Waals surface area contributed by atoms with E-state index in [1.807, 2.05) is 0 Å². The lowest BCUT2D eigenvalue weighted by Gasteiger charge is -2.30. The van der Waals surface area contributed by atoms with Gasteiger partial charge in [-0.1, -0.05) is 0 Å². The molecule has 0 bridgehead atoms. The fraction of sp³-hybridized carbons (Fsp3) is 1.00. The number of hydrogen-bond acceptors (Lipinski definition) is 2. The number of hydrogen-bond donors (Lipinski definition) is 1. The van der Waals surface area contributed by atoms with E-state index in [4.69, 9.17) is 5.73 Å². The van der Waals surface area contributed by atoms with Gasteiger partial charge in [-0.15, -0.1) is 0 Å². The molecule has 1 saturated heterocycles. The quantitative estimate of drug-likeness (QED) is 0.631. The third kappa shape index (κ3) is 1.50. The van der Waals surface area contributed by atoms with E-state index in [1.54, 1.807) is 0 Å². The normalized spacial score (nSPS) is 43.0. The maximum absolute atomic E-state index is 5.71. The van der Waals surface area contributed by atoms with Crippen molar-refractivity contribution in [2.45, 2.75) is 19.3 Å². The van der Waals surface area contributed by atoms with Gasteiger partial charge in [-0.2, -0.15) is 0 Å². The molecule has 2 N–H and O–H groups in total. The van der Waals surface area contributed by atoms with Crippen molar-refractivity contribution < 1.29 is 0 Å². The van der Waals surface area contributed by atoms with Crippen LogP contribution in [0.3, 0.4) is 0 Å². The molecule has 2 heteroatoms. The van der Waals surface area contributed by atoms with Crippen molar-refractivity contribution in [3.05, 3.63) is 0 Å². The van der Waals surface area contributed by atoms with Crippen LogP contribution in [0.5, 0.6) is 0 Å². The van der Waals surface area contributed by atoms with Gasteiger partial charge in [-0.3, -0.25) is 0 Å². The molecule has 2 rings (SSSR count). The third-order valence-corrected chi connectivity index (χ3v) is 3.67. The Kier molecular flexibility index (Phi) is 2.37. The first-order valence-electron chi connectivity index (χ1n) is 5.18. The SMILES string of the molecule is CN1C[C@@H]2CC[C@H](CN)C[C@H]2C1. The summed E-state index contributed by atoms with van der Waals surface area (Å²) in [6, 6.07) is 0. The molecule has 2 fully saturated rings. The van der Waals surface area contributed by atoms with E-state index in [2.05, 4.69) is 11.9 Å². The van der Waals surface area contributed by atoms with Gasteiger partial charge in [0.2, 0.25) is 0 Å². The van der Waals surface area contributed by atoms with E-state index in [-0.39, 0.29) is 0 Å². The maximum Gasteiger partial charge on any atom is 0.000996 e. The summed E-state index contributed by atoms with van der Waals surface area (Å²) >= 11 is 0. The van der Waals surface area contributed by atoms with Gasteiger partial charge in [0, 0.05) is 13.1 Å². The number of fused-ring (bicyclic) bond motifs is 1. The lowest BCUT2D eigenvalue weighted by molar-refractivity contribution is 0.229. The minimum Gasteiger partial charge on any atom is -0.330 e. The molecule has 0 aromatic rings. The van der Waals surface area contributed by atoms with E-state index in [0.717, 1.165) is 24.3 Å². The molecule has 0 amide bonds. The Balaban J connectivity index is 1.93. The molecule has 1 aliphatic heterocycles. The van der Waals surface area contributed by atoms with Gasteiger partial charge in [0.05, 0.1) is 0 Å². The molecule has 12 heavy (non-hydrogen) atoms. The second-order valence-electron chi connectivity index (χ2n) is 4.66. The van der Waals surface area contributed by atoms with Crippen LogP contribution in [0.1, 0.15) is 19.3 Å². The van der Waals surface area contributed by atoms with Crippen LogP contribution in [0.15, 0.2) is 0 Å². The molecule has 0 aromatic heterocycles. The lowest BCUT2D eigenvalue weighted by Crippen LogP contribution is -2.27. The molecule has 1 heterocycles. The topological polar surface area (TPSA) is 29.3 Å². The van der Waals surface area contributed by atoms with Crippen molar-refractivity contribution in [1.29, 1.82) is 0 Å². The molecule has 0 spiro atoms. The molecule has 0 unspecified atom stereocenters. The second kappa shape index (κ2) is 3.35. The van der Waals surface area contributed by atoms with Crippen molar-refractivity contribution in [2.75, 3.05) is 26.7 Å². The molecule has 1 saturated carbocycles. The standard InChI is InChI=1S/C10H20N2/c1-12-6-9-3-2-8(5-11)4-10(9)7-12/h8-10H,2-7,11H2,1H3/t8-,9-,10-/m0/s1. The fourth-order valence-corrected chi connectivity index (χ4v) is 2.98. The van der Waals surface area contributed by atoms with Crippen molar-refractivity contribution in [3.63, 3.8) is 0 Å². The smallest absolute Gasteiger partial charge is 0.000996 e. The first-order chi connectivity index (χ1) is 5.79. The summed E-state index contributed by atoms with van der Waals surface area (Å²) in [5, 5.41) is 0. The highest BCUT2D eigenvalue weighted by atomic mass is 15.1. The first kappa shape index (κ1) is 8.52. The van der Waals surface area contributed by atoms with Crippen LogP contribution in [0, 0.1) is 17.8 Å². The first-order valence-corrected chi connectivity index (χ1v) is 5.18. The average molecular weight is 168 g/mol. The molecular weight excluding hydrogens is 148 g/mol. The van der Waals surface area contributed by atoms with Crippen LogP contribution < -0.4 is 5.73 Å². The summed E-state index contributed by atoms with van der Waals surface area (Å²) in [5.74, 6) is 2.80. The maximum atomic E-state index is 5.71. The molecule has 0 aromatic carbocycles. The summed E-state index contributed by atoms with van der Waals surface area (Å²) in [7, 11) is 2.25. The van der Waals surface area contributed by atoms with Crippen molar-refractivity contribution in [3.8, 4) is 0 Å². The monoisotopic (exact) mass is 168 g/mol. The highest BCUT2D eigenvalue weighted by Gasteiger charge is 2.35. The Morgan fingerprint density at radius 3 is 2.75 bits per heavy atom. The molecule has 3 atom stereocenters. The van der Waals surface area contributed by atoms with E-state index in [1.165, 1.54) is 32.4 Å². The zero-order valence-electron chi connectivity index (χ0n) is 8.00. The minimum absolute atomic E-state index is 0.831. The largest absolute Gasteiger partial charge is 0.330 e. The van der Waals surface area contributed by atoms with Gasteiger partial charge in [0.15, 0.2) is 0 Å². The van der Waals surface area contributed by atoms with Crippen molar-refractivity contribution >= 4 is 0 Å². The molecule has 2 nitrogen and oxygen atoms in total. The van der Waals surface area contributed by atoms with E-state index in [9.17, 15) is 0 Å². The van der Waals surface area contributed by atoms with Crippen LogP contribution in [0.2, 0.25) is 0 Å². The number of likely N-dealkylation sites (tertiary alicyclic amines) is 1. The second-order valence-corrected chi connectivity index (χ2v) is 4.66. The summed E-state index contributed by atoms with van der Waals surface area (Å²) in [6.07, 6.45) is 4.20. The number of nitrogens with zero attached hydrogens (tertiary/aromatic N) is 1. The minimum atomic E-state index is 0.831. The van der Waals surface area contributed by atoms with Crippen LogP contribution in [-0.2, 0) is 0 Å². The highest BCUT2D eigenvalue weighted by Crippen LogP contribution is 2.37. The van der Waals surface area contributed by atoms with Gasteiger partial charge in [0.1, 0.15) is 0 Å². The third-order valence-electron chi connectivity index (χ3n) is 3.67.